The van der Waals surface area contributed by atoms with E-state index in [1.54, 1.807) is 7.11 Å². The van der Waals surface area contributed by atoms with Gasteiger partial charge < -0.3 is 20.1 Å². The Morgan fingerprint density at radius 3 is 2.77 bits per heavy atom. The van der Waals surface area contributed by atoms with E-state index in [1.807, 2.05) is 49.4 Å². The van der Waals surface area contributed by atoms with E-state index in [1.165, 1.54) is 6.21 Å². The minimum Gasteiger partial charge on any atom is -0.495 e. The summed E-state index contributed by atoms with van der Waals surface area (Å²) in [5.74, 6) is -0.949. The highest BCUT2D eigenvalue weighted by molar-refractivity contribution is 6.35. The second kappa shape index (κ2) is 10.4. The molecule has 0 unspecified atom stereocenters. The Balaban J connectivity index is 1.65. The Labute approximate surface area is 175 Å². The zero-order valence-electron chi connectivity index (χ0n) is 17.1. The average molecular weight is 410 g/mol. The summed E-state index contributed by atoms with van der Waals surface area (Å²) in [5, 5.41) is 9.84. The van der Waals surface area contributed by atoms with E-state index in [9.17, 15) is 9.59 Å². The topological polar surface area (TPSA) is 101 Å². The van der Waals surface area contributed by atoms with Gasteiger partial charge in [0.25, 0.3) is 0 Å². The second-order valence-electron chi connectivity index (χ2n) is 6.91. The van der Waals surface area contributed by atoms with E-state index >= 15 is 0 Å². The van der Waals surface area contributed by atoms with Crippen LogP contribution in [0.2, 0.25) is 0 Å². The number of nitrogens with one attached hydrogen (secondary N) is 3. The van der Waals surface area contributed by atoms with Crippen molar-refractivity contribution in [2.75, 3.05) is 25.6 Å². The molecule has 2 aromatic rings. The maximum atomic E-state index is 12.0. The average Bonchev–Trinajstić information content (AvgIpc) is 3.28. The minimum atomic E-state index is -0.833. The van der Waals surface area contributed by atoms with Crippen molar-refractivity contribution in [3.63, 3.8) is 0 Å². The van der Waals surface area contributed by atoms with Gasteiger partial charge in [-0.1, -0.05) is 30.3 Å². The monoisotopic (exact) mass is 410 g/mol. The number of carbonyl (C=O) groups is 2. The SMILES string of the molecule is COc1cccc(/C=N\NC(=O)C(=O)NC[C@@H]2CCCO2)c1Nc1ccccc1C. The highest BCUT2D eigenvalue weighted by Crippen LogP contribution is 2.31. The predicted octanol–water partition coefficient (Wildman–Crippen LogP) is 2.49. The van der Waals surface area contributed by atoms with Gasteiger partial charge in [0.15, 0.2) is 0 Å². The molecule has 2 amide bonds. The molecule has 2 aromatic carbocycles. The van der Waals surface area contributed by atoms with Crippen molar-refractivity contribution in [3.8, 4) is 5.75 Å². The van der Waals surface area contributed by atoms with Gasteiger partial charge in [-0.2, -0.15) is 5.10 Å². The summed E-state index contributed by atoms with van der Waals surface area (Å²) in [6.45, 7) is 3.01. The van der Waals surface area contributed by atoms with Gasteiger partial charge in [-0.15, -0.1) is 0 Å². The molecule has 1 aliphatic heterocycles. The van der Waals surface area contributed by atoms with Crippen LogP contribution in [0.1, 0.15) is 24.0 Å². The summed E-state index contributed by atoms with van der Waals surface area (Å²) in [6, 6.07) is 13.3. The number of hydrogen-bond donors (Lipinski definition) is 3. The van der Waals surface area contributed by atoms with E-state index in [-0.39, 0.29) is 6.10 Å². The summed E-state index contributed by atoms with van der Waals surface area (Å²) in [4.78, 5) is 23.9. The van der Waals surface area contributed by atoms with Crippen LogP contribution in [-0.2, 0) is 14.3 Å². The van der Waals surface area contributed by atoms with Crippen LogP contribution in [-0.4, -0.2) is 44.4 Å². The van der Waals surface area contributed by atoms with Crippen LogP contribution in [0, 0.1) is 6.92 Å². The molecule has 3 rings (SSSR count). The van der Waals surface area contributed by atoms with Crippen LogP contribution >= 0.6 is 0 Å². The van der Waals surface area contributed by atoms with Gasteiger partial charge >= 0.3 is 11.8 Å². The third-order valence-corrected chi connectivity index (χ3v) is 4.77. The molecular weight excluding hydrogens is 384 g/mol. The third kappa shape index (κ3) is 5.57. The molecule has 1 saturated heterocycles. The highest BCUT2D eigenvalue weighted by atomic mass is 16.5. The molecule has 30 heavy (non-hydrogen) atoms. The number of benzene rings is 2. The molecule has 1 fully saturated rings. The number of anilines is 2. The lowest BCUT2D eigenvalue weighted by Crippen LogP contribution is -2.41. The number of hydrazone groups is 1. The van der Waals surface area contributed by atoms with E-state index < -0.39 is 11.8 Å². The number of ether oxygens (including phenoxy) is 2. The molecule has 1 heterocycles. The molecule has 8 heteroatoms. The predicted molar refractivity (Wildman–Crippen MR) is 115 cm³/mol. The van der Waals surface area contributed by atoms with Crippen molar-refractivity contribution >= 4 is 29.4 Å². The van der Waals surface area contributed by atoms with Crippen LogP contribution in [0.4, 0.5) is 11.4 Å². The molecule has 0 radical (unpaired) electrons. The maximum absolute atomic E-state index is 12.0. The Morgan fingerprint density at radius 1 is 1.20 bits per heavy atom. The van der Waals surface area contributed by atoms with E-state index in [2.05, 4.69) is 21.2 Å². The van der Waals surface area contributed by atoms with E-state index in [0.29, 0.717) is 30.2 Å². The maximum Gasteiger partial charge on any atom is 0.329 e. The van der Waals surface area contributed by atoms with Gasteiger partial charge in [-0.05, 0) is 37.5 Å². The van der Waals surface area contributed by atoms with Crippen molar-refractivity contribution in [2.45, 2.75) is 25.9 Å². The molecule has 3 N–H and O–H groups in total. The molecule has 1 atom stereocenters. The summed E-state index contributed by atoms with van der Waals surface area (Å²) < 4.78 is 10.9. The fraction of sp³-hybridized carbons (Fsp3) is 0.318. The summed E-state index contributed by atoms with van der Waals surface area (Å²) in [7, 11) is 1.58. The highest BCUT2D eigenvalue weighted by Gasteiger charge is 2.19. The smallest absolute Gasteiger partial charge is 0.329 e. The zero-order chi connectivity index (χ0) is 21.3. The lowest BCUT2D eigenvalue weighted by atomic mass is 10.1. The number of rotatable bonds is 7. The molecule has 0 aromatic heterocycles. The van der Waals surface area contributed by atoms with Crippen LogP contribution < -0.4 is 20.8 Å². The first-order valence-corrected chi connectivity index (χ1v) is 9.81. The number of hydrogen-bond acceptors (Lipinski definition) is 6. The normalized spacial score (nSPS) is 15.7. The number of carbonyl (C=O) groups excluding carboxylic acids is 2. The van der Waals surface area contributed by atoms with E-state index in [0.717, 1.165) is 24.1 Å². The van der Waals surface area contributed by atoms with Crippen LogP contribution in [0.25, 0.3) is 0 Å². The Morgan fingerprint density at radius 2 is 2.03 bits per heavy atom. The fourth-order valence-electron chi connectivity index (χ4n) is 3.11. The number of nitrogens with zero attached hydrogens (tertiary/aromatic N) is 1. The molecular formula is C22H26N4O4. The van der Waals surface area contributed by atoms with Gasteiger partial charge in [0.05, 0.1) is 25.1 Å². The number of aryl methyl sites for hydroxylation is 1. The Bertz CT molecular complexity index is 923. The molecule has 0 bridgehead atoms. The molecule has 0 aliphatic carbocycles. The van der Waals surface area contributed by atoms with Crippen molar-refractivity contribution in [1.82, 2.24) is 10.7 Å². The molecule has 158 valence electrons. The first-order chi connectivity index (χ1) is 14.6. The van der Waals surface area contributed by atoms with Crippen molar-refractivity contribution in [3.05, 3.63) is 53.6 Å². The van der Waals surface area contributed by atoms with Crippen LogP contribution in [0.3, 0.4) is 0 Å². The number of methoxy groups -OCH3 is 1. The largest absolute Gasteiger partial charge is 0.495 e. The fourth-order valence-corrected chi connectivity index (χ4v) is 3.11. The zero-order valence-corrected chi connectivity index (χ0v) is 17.1. The third-order valence-electron chi connectivity index (χ3n) is 4.77. The summed E-state index contributed by atoms with van der Waals surface area (Å²) >= 11 is 0. The summed E-state index contributed by atoms with van der Waals surface area (Å²) in [5.41, 5.74) is 5.65. The van der Waals surface area contributed by atoms with Crippen LogP contribution in [0.15, 0.2) is 47.6 Å². The molecule has 0 saturated carbocycles. The van der Waals surface area contributed by atoms with Crippen LogP contribution in [0.5, 0.6) is 5.75 Å². The number of amides is 2. The molecule has 1 aliphatic rings. The van der Waals surface area contributed by atoms with Crippen molar-refractivity contribution in [2.24, 2.45) is 5.10 Å². The number of para-hydroxylation sites is 2. The quantitative estimate of drug-likeness (QED) is 0.370. The van der Waals surface area contributed by atoms with Crippen molar-refractivity contribution < 1.29 is 19.1 Å². The van der Waals surface area contributed by atoms with Gasteiger partial charge in [0.1, 0.15) is 5.75 Å². The Kier molecular flexibility index (Phi) is 7.40. The first kappa shape index (κ1) is 21.3. The van der Waals surface area contributed by atoms with Gasteiger partial charge in [-0.25, -0.2) is 5.43 Å². The lowest BCUT2D eigenvalue weighted by molar-refractivity contribution is -0.139. The van der Waals surface area contributed by atoms with E-state index in [4.69, 9.17) is 9.47 Å². The second-order valence-corrected chi connectivity index (χ2v) is 6.91. The van der Waals surface area contributed by atoms with Gasteiger partial charge in [-0.3, -0.25) is 9.59 Å². The van der Waals surface area contributed by atoms with Gasteiger partial charge in [0.2, 0.25) is 0 Å². The van der Waals surface area contributed by atoms with Crippen molar-refractivity contribution in [1.29, 1.82) is 0 Å². The standard InChI is InChI=1S/C22H26N4O4/c1-15-7-3-4-10-18(15)25-20-16(8-5-11-19(20)29-2)13-24-26-22(28)21(27)23-14-17-9-6-12-30-17/h3-5,7-8,10-11,13,17,25H,6,9,12,14H2,1-2H3,(H,23,27)(H,26,28)/b24-13-/t17-/m0/s1. The Hall–Kier alpha value is -3.39. The first-order valence-electron chi connectivity index (χ1n) is 9.81. The molecule has 0 spiro atoms. The lowest BCUT2D eigenvalue weighted by Gasteiger charge is -2.15. The summed E-state index contributed by atoms with van der Waals surface area (Å²) in [6.07, 6.45) is 3.29. The minimum absolute atomic E-state index is 0.0305. The van der Waals surface area contributed by atoms with Gasteiger partial charge in [0, 0.05) is 24.4 Å². The molecule has 8 nitrogen and oxygen atoms in total.